The molecule has 0 aliphatic heterocycles. The molecule has 1 aromatic heterocycles. The highest BCUT2D eigenvalue weighted by molar-refractivity contribution is 7.16. The minimum atomic E-state index is 0.116. The van der Waals surface area contributed by atoms with Crippen molar-refractivity contribution in [1.29, 1.82) is 0 Å². The van der Waals surface area contributed by atoms with Crippen molar-refractivity contribution in [2.75, 3.05) is 7.05 Å². The Labute approximate surface area is 111 Å². The van der Waals surface area contributed by atoms with E-state index in [0.717, 1.165) is 28.5 Å². The molecule has 1 amide bonds. The van der Waals surface area contributed by atoms with Crippen molar-refractivity contribution in [2.24, 2.45) is 11.7 Å². The summed E-state index contributed by atoms with van der Waals surface area (Å²) in [6.07, 6.45) is 2.72. The van der Waals surface area contributed by atoms with Crippen molar-refractivity contribution in [2.45, 2.75) is 31.8 Å². The third kappa shape index (κ3) is 3.21. The molecule has 2 rings (SSSR count). The largest absolute Gasteiger partial charge is 0.340 e. The van der Waals surface area contributed by atoms with Gasteiger partial charge >= 0.3 is 0 Å². The monoisotopic (exact) mass is 272 g/mol. The topological polar surface area (TPSA) is 46.3 Å². The van der Waals surface area contributed by atoms with Crippen LogP contribution in [0.1, 0.15) is 24.1 Å². The fourth-order valence-corrected chi connectivity index (χ4v) is 3.44. The first-order valence-electron chi connectivity index (χ1n) is 5.81. The molecule has 5 heteroatoms. The van der Waals surface area contributed by atoms with Gasteiger partial charge in [0.05, 0.1) is 10.9 Å². The van der Waals surface area contributed by atoms with E-state index >= 15 is 0 Å². The zero-order chi connectivity index (χ0) is 12.4. The van der Waals surface area contributed by atoms with Crippen LogP contribution in [0, 0.1) is 5.92 Å². The minimum Gasteiger partial charge on any atom is -0.340 e. The van der Waals surface area contributed by atoms with E-state index in [2.05, 4.69) is 0 Å². The molecule has 0 bridgehead atoms. The van der Waals surface area contributed by atoms with Gasteiger partial charge in [0.25, 0.3) is 0 Å². The predicted octanol–water partition coefficient (Wildman–Crippen LogP) is 2.49. The molecule has 1 aliphatic rings. The SMILES string of the molecule is CN(Cc1ccc(Cl)s1)C(=O)C1CCC(N)C1. The van der Waals surface area contributed by atoms with Gasteiger partial charge in [-0.15, -0.1) is 11.3 Å². The lowest BCUT2D eigenvalue weighted by Crippen LogP contribution is -2.31. The summed E-state index contributed by atoms with van der Waals surface area (Å²) in [6, 6.07) is 4.04. The Bertz CT molecular complexity index is 407. The van der Waals surface area contributed by atoms with Crippen LogP contribution in [0.15, 0.2) is 12.1 Å². The second-order valence-corrected chi connectivity index (χ2v) is 6.47. The number of nitrogens with zero attached hydrogens (tertiary/aromatic N) is 1. The van der Waals surface area contributed by atoms with Crippen LogP contribution in [0.3, 0.4) is 0 Å². The highest BCUT2D eigenvalue weighted by atomic mass is 35.5. The van der Waals surface area contributed by atoms with E-state index in [4.69, 9.17) is 17.3 Å². The van der Waals surface area contributed by atoms with Crippen molar-refractivity contribution in [3.63, 3.8) is 0 Å². The third-order valence-electron chi connectivity index (χ3n) is 3.22. The average molecular weight is 273 g/mol. The number of hydrogen-bond acceptors (Lipinski definition) is 3. The molecular weight excluding hydrogens is 256 g/mol. The number of carbonyl (C=O) groups excluding carboxylic acids is 1. The Balaban J connectivity index is 1.91. The Hall–Kier alpha value is -0.580. The van der Waals surface area contributed by atoms with Gasteiger partial charge in [0.2, 0.25) is 5.91 Å². The molecule has 2 atom stereocenters. The molecule has 17 heavy (non-hydrogen) atoms. The van der Waals surface area contributed by atoms with Crippen molar-refractivity contribution in [1.82, 2.24) is 4.90 Å². The van der Waals surface area contributed by atoms with Crippen LogP contribution in [0.5, 0.6) is 0 Å². The first kappa shape index (κ1) is 12.9. The standard InChI is InChI=1S/C12H17ClN2OS/c1-15(7-10-4-5-11(13)17-10)12(16)8-2-3-9(14)6-8/h4-5,8-9H,2-3,6-7,14H2,1H3. The predicted molar refractivity (Wildman–Crippen MR) is 71.1 cm³/mol. The zero-order valence-electron chi connectivity index (χ0n) is 9.86. The van der Waals surface area contributed by atoms with Crippen LogP contribution in [-0.4, -0.2) is 23.9 Å². The van der Waals surface area contributed by atoms with Gasteiger partial charge in [0.1, 0.15) is 0 Å². The number of thiophene rings is 1. The number of halogens is 1. The van der Waals surface area contributed by atoms with Crippen LogP contribution in [-0.2, 0) is 11.3 Å². The summed E-state index contributed by atoms with van der Waals surface area (Å²) < 4.78 is 0.767. The normalized spacial score (nSPS) is 23.9. The molecule has 1 aliphatic carbocycles. The van der Waals surface area contributed by atoms with Crippen molar-refractivity contribution in [3.8, 4) is 0 Å². The molecule has 1 fully saturated rings. The molecule has 94 valence electrons. The van der Waals surface area contributed by atoms with Crippen LogP contribution in [0.4, 0.5) is 0 Å². The summed E-state index contributed by atoms with van der Waals surface area (Å²) in [5.74, 6) is 0.327. The van der Waals surface area contributed by atoms with Gasteiger partial charge in [-0.1, -0.05) is 11.6 Å². The van der Waals surface area contributed by atoms with E-state index in [-0.39, 0.29) is 17.9 Å². The molecule has 0 saturated heterocycles. The fraction of sp³-hybridized carbons (Fsp3) is 0.583. The van der Waals surface area contributed by atoms with Crippen molar-refractivity contribution >= 4 is 28.8 Å². The average Bonchev–Trinajstić information content (AvgIpc) is 2.87. The van der Waals surface area contributed by atoms with E-state index in [1.807, 2.05) is 19.2 Å². The molecule has 0 radical (unpaired) electrons. The molecule has 3 nitrogen and oxygen atoms in total. The number of amides is 1. The maximum atomic E-state index is 12.1. The first-order valence-corrected chi connectivity index (χ1v) is 7.00. The van der Waals surface area contributed by atoms with Gasteiger partial charge in [-0.2, -0.15) is 0 Å². The molecule has 2 N–H and O–H groups in total. The third-order valence-corrected chi connectivity index (χ3v) is 4.44. The molecule has 1 aromatic rings. The maximum Gasteiger partial charge on any atom is 0.225 e. The summed E-state index contributed by atoms with van der Waals surface area (Å²) >= 11 is 7.39. The van der Waals surface area contributed by atoms with Gasteiger partial charge in [-0.25, -0.2) is 0 Å². The lowest BCUT2D eigenvalue weighted by Gasteiger charge is -2.20. The summed E-state index contributed by atoms with van der Waals surface area (Å²) in [4.78, 5) is 15.0. The number of nitrogens with two attached hydrogens (primary N) is 1. The van der Waals surface area contributed by atoms with Crippen LogP contribution in [0.2, 0.25) is 4.34 Å². The Kier molecular flexibility index (Phi) is 4.07. The summed E-state index contributed by atoms with van der Waals surface area (Å²) in [5.41, 5.74) is 5.83. The summed E-state index contributed by atoms with van der Waals surface area (Å²) in [5, 5.41) is 0. The quantitative estimate of drug-likeness (QED) is 0.919. The number of carbonyl (C=O) groups is 1. The van der Waals surface area contributed by atoms with E-state index in [9.17, 15) is 4.79 Å². The molecule has 1 saturated carbocycles. The van der Waals surface area contributed by atoms with E-state index in [0.29, 0.717) is 6.54 Å². The minimum absolute atomic E-state index is 0.116. The van der Waals surface area contributed by atoms with E-state index in [1.54, 1.807) is 4.90 Å². The first-order chi connectivity index (χ1) is 8.06. The van der Waals surface area contributed by atoms with E-state index in [1.165, 1.54) is 11.3 Å². The molecule has 1 heterocycles. The van der Waals surface area contributed by atoms with Gasteiger partial charge in [-0.05, 0) is 31.4 Å². The van der Waals surface area contributed by atoms with Crippen LogP contribution < -0.4 is 5.73 Å². The van der Waals surface area contributed by atoms with Crippen molar-refractivity contribution in [3.05, 3.63) is 21.3 Å². The number of hydrogen-bond donors (Lipinski definition) is 1. The lowest BCUT2D eigenvalue weighted by molar-refractivity contribution is -0.134. The lowest BCUT2D eigenvalue weighted by atomic mass is 10.1. The smallest absolute Gasteiger partial charge is 0.225 e. The van der Waals surface area contributed by atoms with E-state index < -0.39 is 0 Å². The van der Waals surface area contributed by atoms with Gasteiger partial charge < -0.3 is 10.6 Å². The Morgan fingerprint density at radius 2 is 2.35 bits per heavy atom. The summed E-state index contributed by atoms with van der Waals surface area (Å²) in [7, 11) is 1.85. The zero-order valence-corrected chi connectivity index (χ0v) is 11.4. The van der Waals surface area contributed by atoms with Gasteiger partial charge in [0.15, 0.2) is 0 Å². The van der Waals surface area contributed by atoms with Gasteiger partial charge in [0, 0.05) is 23.9 Å². The maximum absolute atomic E-state index is 12.1. The molecule has 2 unspecified atom stereocenters. The van der Waals surface area contributed by atoms with Gasteiger partial charge in [-0.3, -0.25) is 4.79 Å². The second-order valence-electron chi connectivity index (χ2n) is 4.67. The second kappa shape index (κ2) is 5.38. The Morgan fingerprint density at radius 3 is 2.88 bits per heavy atom. The highest BCUT2D eigenvalue weighted by Crippen LogP contribution is 2.27. The molecule has 0 aromatic carbocycles. The molecule has 0 spiro atoms. The summed E-state index contributed by atoms with van der Waals surface area (Å²) in [6.45, 7) is 0.641. The highest BCUT2D eigenvalue weighted by Gasteiger charge is 2.29. The molecular formula is C12H17ClN2OS. The van der Waals surface area contributed by atoms with Crippen molar-refractivity contribution < 1.29 is 4.79 Å². The van der Waals surface area contributed by atoms with Crippen LogP contribution >= 0.6 is 22.9 Å². The number of rotatable bonds is 3. The van der Waals surface area contributed by atoms with Crippen LogP contribution in [0.25, 0.3) is 0 Å². The fourth-order valence-electron chi connectivity index (χ4n) is 2.30. The Morgan fingerprint density at radius 1 is 1.59 bits per heavy atom.